The van der Waals surface area contributed by atoms with Gasteiger partial charge in [0.25, 0.3) is 0 Å². The van der Waals surface area contributed by atoms with E-state index in [0.717, 1.165) is 11.1 Å². The van der Waals surface area contributed by atoms with Gasteiger partial charge < -0.3 is 14.2 Å². The standard InChI is InChI=1S/C19H18O5/c1-2-22-18(20)12-23-15-9-7-13(8-10-15)17-11-14-5-3-4-6-16(14)19(21)24-17/h3-10,17H,2,11-12H2,1H3. The van der Waals surface area contributed by atoms with E-state index in [-0.39, 0.29) is 18.7 Å². The minimum absolute atomic E-state index is 0.126. The third-order valence-corrected chi connectivity index (χ3v) is 3.81. The molecule has 0 bridgehead atoms. The van der Waals surface area contributed by atoms with Crippen LogP contribution in [0.15, 0.2) is 48.5 Å². The van der Waals surface area contributed by atoms with Crippen LogP contribution in [0.2, 0.25) is 0 Å². The number of carbonyl (C=O) groups excluding carboxylic acids is 2. The lowest BCUT2D eigenvalue weighted by molar-refractivity contribution is -0.145. The number of carbonyl (C=O) groups is 2. The van der Waals surface area contributed by atoms with Gasteiger partial charge in [0.1, 0.15) is 11.9 Å². The molecular weight excluding hydrogens is 308 g/mol. The molecule has 2 aromatic rings. The van der Waals surface area contributed by atoms with Gasteiger partial charge in [-0.25, -0.2) is 9.59 Å². The molecule has 0 amide bonds. The fourth-order valence-electron chi connectivity index (χ4n) is 2.64. The molecule has 0 saturated carbocycles. The predicted octanol–water partition coefficient (Wildman–Crippen LogP) is 3.08. The molecule has 0 N–H and O–H groups in total. The topological polar surface area (TPSA) is 61.8 Å². The fourth-order valence-corrected chi connectivity index (χ4v) is 2.64. The predicted molar refractivity (Wildman–Crippen MR) is 86.9 cm³/mol. The van der Waals surface area contributed by atoms with Gasteiger partial charge in [-0.1, -0.05) is 30.3 Å². The maximum atomic E-state index is 12.1. The second-order valence-corrected chi connectivity index (χ2v) is 5.42. The highest BCUT2D eigenvalue weighted by Gasteiger charge is 2.26. The molecular formula is C19H18O5. The lowest BCUT2D eigenvalue weighted by atomic mass is 9.95. The van der Waals surface area contributed by atoms with E-state index in [4.69, 9.17) is 14.2 Å². The van der Waals surface area contributed by atoms with Crippen molar-refractivity contribution in [3.8, 4) is 5.75 Å². The number of esters is 2. The van der Waals surface area contributed by atoms with Crippen LogP contribution in [0.1, 0.15) is 34.5 Å². The summed E-state index contributed by atoms with van der Waals surface area (Å²) < 4.78 is 15.7. The maximum absolute atomic E-state index is 12.1. The highest BCUT2D eigenvalue weighted by Crippen LogP contribution is 2.31. The van der Waals surface area contributed by atoms with Crippen LogP contribution in [0.5, 0.6) is 5.75 Å². The van der Waals surface area contributed by atoms with E-state index in [9.17, 15) is 9.59 Å². The first kappa shape index (κ1) is 16.1. The minimum atomic E-state index is -0.403. The highest BCUT2D eigenvalue weighted by atomic mass is 16.6. The summed E-state index contributed by atoms with van der Waals surface area (Å²) in [6, 6.07) is 14.7. The molecule has 0 aromatic heterocycles. The van der Waals surface area contributed by atoms with Crippen molar-refractivity contribution in [1.82, 2.24) is 0 Å². The van der Waals surface area contributed by atoms with Crippen LogP contribution in [0.25, 0.3) is 0 Å². The fraction of sp³-hybridized carbons (Fsp3) is 0.263. The molecule has 1 heterocycles. The van der Waals surface area contributed by atoms with Crippen LogP contribution >= 0.6 is 0 Å². The Kier molecular flexibility index (Phi) is 4.79. The third-order valence-electron chi connectivity index (χ3n) is 3.81. The van der Waals surface area contributed by atoms with Gasteiger partial charge in [-0.15, -0.1) is 0 Å². The van der Waals surface area contributed by atoms with Crippen LogP contribution in [0.4, 0.5) is 0 Å². The largest absolute Gasteiger partial charge is 0.482 e. The van der Waals surface area contributed by atoms with E-state index in [1.807, 2.05) is 30.3 Å². The monoisotopic (exact) mass is 326 g/mol. The van der Waals surface area contributed by atoms with Gasteiger partial charge >= 0.3 is 11.9 Å². The molecule has 1 aliphatic heterocycles. The van der Waals surface area contributed by atoms with E-state index in [1.54, 1.807) is 25.1 Å². The first-order valence-corrected chi connectivity index (χ1v) is 7.84. The molecule has 0 radical (unpaired) electrons. The summed E-state index contributed by atoms with van der Waals surface area (Å²) in [4.78, 5) is 23.4. The summed E-state index contributed by atoms with van der Waals surface area (Å²) in [5, 5.41) is 0. The van der Waals surface area contributed by atoms with Gasteiger partial charge in [-0.2, -0.15) is 0 Å². The molecule has 1 unspecified atom stereocenters. The Morgan fingerprint density at radius 1 is 1.17 bits per heavy atom. The first-order valence-electron chi connectivity index (χ1n) is 7.84. The minimum Gasteiger partial charge on any atom is -0.482 e. The van der Waals surface area contributed by atoms with Crippen molar-refractivity contribution in [3.63, 3.8) is 0 Å². The van der Waals surface area contributed by atoms with E-state index >= 15 is 0 Å². The number of ether oxygens (including phenoxy) is 3. The SMILES string of the molecule is CCOC(=O)COc1ccc(C2Cc3ccccc3C(=O)O2)cc1. The van der Waals surface area contributed by atoms with Crippen molar-refractivity contribution in [3.05, 3.63) is 65.2 Å². The Hall–Kier alpha value is -2.82. The normalized spacial score (nSPS) is 16.0. The average Bonchev–Trinajstić information content (AvgIpc) is 2.61. The van der Waals surface area contributed by atoms with E-state index in [0.29, 0.717) is 24.3 Å². The summed E-state index contributed by atoms with van der Waals surface area (Å²) in [7, 11) is 0. The lowest BCUT2D eigenvalue weighted by Crippen LogP contribution is -2.21. The Labute approximate surface area is 140 Å². The molecule has 24 heavy (non-hydrogen) atoms. The molecule has 0 aliphatic carbocycles. The summed E-state index contributed by atoms with van der Waals surface area (Å²) in [6.07, 6.45) is 0.330. The number of fused-ring (bicyclic) bond motifs is 1. The highest BCUT2D eigenvalue weighted by molar-refractivity contribution is 5.92. The zero-order chi connectivity index (χ0) is 16.9. The van der Waals surface area contributed by atoms with E-state index < -0.39 is 5.97 Å². The van der Waals surface area contributed by atoms with Crippen LogP contribution in [0.3, 0.4) is 0 Å². The molecule has 3 rings (SSSR count). The van der Waals surface area contributed by atoms with Crippen LogP contribution in [-0.2, 0) is 20.7 Å². The van der Waals surface area contributed by atoms with Crippen LogP contribution < -0.4 is 4.74 Å². The molecule has 0 spiro atoms. The van der Waals surface area contributed by atoms with Crippen molar-refractivity contribution < 1.29 is 23.8 Å². The molecule has 124 valence electrons. The second-order valence-electron chi connectivity index (χ2n) is 5.42. The van der Waals surface area contributed by atoms with Crippen molar-refractivity contribution >= 4 is 11.9 Å². The number of hydrogen-bond donors (Lipinski definition) is 0. The maximum Gasteiger partial charge on any atom is 0.344 e. The van der Waals surface area contributed by atoms with Crippen molar-refractivity contribution in [2.45, 2.75) is 19.4 Å². The van der Waals surface area contributed by atoms with Gasteiger partial charge in [0.15, 0.2) is 6.61 Å². The molecule has 0 saturated heterocycles. The quantitative estimate of drug-likeness (QED) is 0.790. The average molecular weight is 326 g/mol. The molecule has 5 nitrogen and oxygen atoms in total. The van der Waals surface area contributed by atoms with Gasteiger partial charge in [0.2, 0.25) is 0 Å². The van der Waals surface area contributed by atoms with E-state index in [2.05, 4.69) is 0 Å². The van der Waals surface area contributed by atoms with Crippen LogP contribution in [-0.4, -0.2) is 25.2 Å². The Morgan fingerprint density at radius 2 is 1.92 bits per heavy atom. The Morgan fingerprint density at radius 3 is 2.67 bits per heavy atom. The molecule has 2 aromatic carbocycles. The summed E-state index contributed by atoms with van der Waals surface area (Å²) >= 11 is 0. The van der Waals surface area contributed by atoms with Crippen molar-refractivity contribution in [2.75, 3.05) is 13.2 Å². The van der Waals surface area contributed by atoms with Crippen molar-refractivity contribution in [1.29, 1.82) is 0 Å². The molecule has 5 heteroatoms. The van der Waals surface area contributed by atoms with Gasteiger partial charge in [0.05, 0.1) is 12.2 Å². The van der Waals surface area contributed by atoms with E-state index in [1.165, 1.54) is 0 Å². The van der Waals surface area contributed by atoms with Gasteiger partial charge in [-0.3, -0.25) is 0 Å². The second kappa shape index (κ2) is 7.17. The zero-order valence-electron chi connectivity index (χ0n) is 13.4. The Balaban J connectivity index is 1.66. The molecule has 1 atom stereocenters. The summed E-state index contributed by atoms with van der Waals surface area (Å²) in [5.74, 6) is -0.141. The molecule has 0 fully saturated rings. The number of hydrogen-bond acceptors (Lipinski definition) is 5. The smallest absolute Gasteiger partial charge is 0.344 e. The zero-order valence-corrected chi connectivity index (χ0v) is 13.4. The van der Waals surface area contributed by atoms with Crippen LogP contribution in [0, 0.1) is 0 Å². The van der Waals surface area contributed by atoms with Crippen molar-refractivity contribution in [2.24, 2.45) is 0 Å². The molecule has 1 aliphatic rings. The van der Waals surface area contributed by atoms with Gasteiger partial charge in [-0.05, 0) is 36.2 Å². The summed E-state index contributed by atoms with van der Waals surface area (Å²) in [6.45, 7) is 1.95. The third kappa shape index (κ3) is 3.56. The lowest BCUT2D eigenvalue weighted by Gasteiger charge is -2.25. The number of rotatable bonds is 5. The van der Waals surface area contributed by atoms with Gasteiger partial charge in [0, 0.05) is 6.42 Å². The number of benzene rings is 2. The summed E-state index contributed by atoms with van der Waals surface area (Å²) in [5.41, 5.74) is 2.51. The Bertz CT molecular complexity index is 736. The first-order chi connectivity index (χ1) is 11.7. The number of cyclic esters (lactones) is 1.